The maximum absolute atomic E-state index is 13.5. The first-order valence-corrected chi connectivity index (χ1v) is 9.74. The van der Waals surface area contributed by atoms with E-state index in [4.69, 9.17) is 0 Å². The number of aromatic nitrogens is 1. The van der Waals surface area contributed by atoms with Crippen molar-refractivity contribution in [3.8, 4) is 0 Å². The van der Waals surface area contributed by atoms with E-state index < -0.39 is 5.54 Å². The maximum Gasteiger partial charge on any atom is 0.255 e. The van der Waals surface area contributed by atoms with Crippen molar-refractivity contribution in [1.82, 2.24) is 14.4 Å². The van der Waals surface area contributed by atoms with Crippen molar-refractivity contribution < 1.29 is 9.59 Å². The Balaban J connectivity index is 1.72. The lowest BCUT2D eigenvalue weighted by Crippen LogP contribution is -2.61. The van der Waals surface area contributed by atoms with Gasteiger partial charge < -0.3 is 14.4 Å². The van der Waals surface area contributed by atoms with Gasteiger partial charge in [0.1, 0.15) is 5.54 Å². The van der Waals surface area contributed by atoms with Crippen LogP contribution in [0.2, 0.25) is 0 Å². The van der Waals surface area contributed by atoms with E-state index in [0.29, 0.717) is 12.1 Å². The van der Waals surface area contributed by atoms with Crippen molar-refractivity contribution in [3.63, 3.8) is 0 Å². The van der Waals surface area contributed by atoms with E-state index in [-0.39, 0.29) is 11.8 Å². The average molecular weight is 353 g/mol. The molecule has 2 aliphatic rings. The number of amides is 2. The van der Waals surface area contributed by atoms with Crippen molar-refractivity contribution in [2.24, 2.45) is 7.05 Å². The van der Waals surface area contributed by atoms with E-state index in [1.54, 1.807) is 0 Å². The monoisotopic (exact) mass is 353 g/mol. The maximum atomic E-state index is 13.5. The van der Waals surface area contributed by atoms with Crippen LogP contribution in [-0.2, 0) is 11.8 Å². The van der Waals surface area contributed by atoms with Gasteiger partial charge in [0.2, 0.25) is 5.91 Å². The van der Waals surface area contributed by atoms with E-state index in [2.05, 4.69) is 6.92 Å². The predicted molar refractivity (Wildman–Crippen MR) is 102 cm³/mol. The molecule has 4 rings (SSSR count). The molecule has 0 aliphatic carbocycles. The van der Waals surface area contributed by atoms with Gasteiger partial charge in [-0.25, -0.2) is 0 Å². The first-order valence-electron chi connectivity index (χ1n) is 9.74. The Morgan fingerprint density at radius 1 is 1.15 bits per heavy atom. The summed E-state index contributed by atoms with van der Waals surface area (Å²) in [4.78, 5) is 30.6. The zero-order valence-electron chi connectivity index (χ0n) is 15.7. The number of carbonyl (C=O) groups excluding carboxylic acids is 2. The van der Waals surface area contributed by atoms with Crippen LogP contribution >= 0.6 is 0 Å². The van der Waals surface area contributed by atoms with Gasteiger partial charge in [-0.05, 0) is 50.3 Å². The molecule has 1 unspecified atom stereocenters. The van der Waals surface area contributed by atoms with Crippen LogP contribution in [0.5, 0.6) is 0 Å². The fourth-order valence-electron chi connectivity index (χ4n) is 4.84. The van der Waals surface area contributed by atoms with Gasteiger partial charge >= 0.3 is 0 Å². The van der Waals surface area contributed by atoms with E-state index in [1.165, 1.54) is 0 Å². The summed E-state index contributed by atoms with van der Waals surface area (Å²) in [5.74, 6) is 0.169. The van der Waals surface area contributed by atoms with Gasteiger partial charge in [0.15, 0.2) is 0 Å². The molecule has 2 saturated heterocycles. The summed E-state index contributed by atoms with van der Waals surface area (Å²) in [6.45, 7) is 4.39. The zero-order chi connectivity index (χ0) is 18.3. The van der Waals surface area contributed by atoms with Crippen LogP contribution in [0.15, 0.2) is 30.5 Å². The Kier molecular flexibility index (Phi) is 4.25. The van der Waals surface area contributed by atoms with Crippen LogP contribution in [0.1, 0.15) is 49.4 Å². The van der Waals surface area contributed by atoms with Gasteiger partial charge in [-0.15, -0.1) is 0 Å². The highest BCUT2D eigenvalue weighted by Crippen LogP contribution is 2.39. The molecule has 0 bridgehead atoms. The number of benzene rings is 1. The van der Waals surface area contributed by atoms with Crippen LogP contribution in [0, 0.1) is 0 Å². The van der Waals surface area contributed by atoms with Crippen LogP contribution in [0.4, 0.5) is 0 Å². The molecule has 138 valence electrons. The minimum absolute atomic E-state index is 0.00555. The van der Waals surface area contributed by atoms with Gasteiger partial charge in [0.25, 0.3) is 5.91 Å². The van der Waals surface area contributed by atoms with Crippen LogP contribution in [-0.4, -0.2) is 51.4 Å². The summed E-state index contributed by atoms with van der Waals surface area (Å²) in [5, 5.41) is 0.968. The molecule has 1 atom stereocenters. The lowest BCUT2D eigenvalue weighted by Gasteiger charge is -2.44. The number of aryl methyl sites for hydroxylation is 1. The third kappa shape index (κ3) is 2.44. The molecule has 1 aromatic heterocycles. The van der Waals surface area contributed by atoms with Gasteiger partial charge in [0, 0.05) is 49.3 Å². The first-order chi connectivity index (χ1) is 12.6. The third-order valence-corrected chi connectivity index (χ3v) is 6.09. The lowest BCUT2D eigenvalue weighted by atomic mass is 9.85. The number of likely N-dealkylation sites (tertiary alicyclic amines) is 2. The minimum Gasteiger partial charge on any atom is -0.351 e. The highest BCUT2D eigenvalue weighted by Gasteiger charge is 2.52. The molecule has 5 nitrogen and oxygen atoms in total. The van der Waals surface area contributed by atoms with Crippen molar-refractivity contribution in [1.29, 1.82) is 0 Å². The fourth-order valence-corrected chi connectivity index (χ4v) is 4.84. The van der Waals surface area contributed by atoms with Crippen molar-refractivity contribution in [3.05, 3.63) is 36.0 Å². The Hall–Kier alpha value is -2.30. The SMILES string of the molecule is CCCN1CCCC2(CCCN2C(=O)c2cccc3c2ccn3C)C1=O. The standard InChI is InChI=1S/C21H27N3O2/c1-3-12-23-13-5-10-21(20(23)26)11-6-14-24(21)19(25)17-7-4-8-18-16(17)9-15-22(18)2/h4,7-9,15H,3,5-6,10-14H2,1-2H3. The average Bonchev–Trinajstić information content (AvgIpc) is 3.23. The molecule has 5 heteroatoms. The Morgan fingerprint density at radius 3 is 2.69 bits per heavy atom. The summed E-state index contributed by atoms with van der Waals surface area (Å²) in [6, 6.07) is 7.86. The van der Waals surface area contributed by atoms with Gasteiger partial charge in [-0.1, -0.05) is 13.0 Å². The fraction of sp³-hybridized carbons (Fsp3) is 0.524. The molecule has 1 aromatic carbocycles. The van der Waals surface area contributed by atoms with Crippen LogP contribution < -0.4 is 0 Å². The third-order valence-electron chi connectivity index (χ3n) is 6.09. The van der Waals surface area contributed by atoms with E-state index in [9.17, 15) is 9.59 Å². The second kappa shape index (κ2) is 6.45. The largest absolute Gasteiger partial charge is 0.351 e. The second-order valence-electron chi connectivity index (χ2n) is 7.65. The second-order valence-corrected chi connectivity index (χ2v) is 7.65. The number of hydrogen-bond acceptors (Lipinski definition) is 2. The minimum atomic E-state index is -0.624. The summed E-state index contributed by atoms with van der Waals surface area (Å²) in [7, 11) is 1.99. The highest BCUT2D eigenvalue weighted by atomic mass is 16.2. The molecule has 1 spiro atoms. The first kappa shape index (κ1) is 17.1. The summed E-state index contributed by atoms with van der Waals surface area (Å²) in [6.07, 6.45) is 6.41. The predicted octanol–water partition coefficient (Wildman–Crippen LogP) is 3.19. The number of carbonyl (C=O) groups is 2. The summed E-state index contributed by atoms with van der Waals surface area (Å²) >= 11 is 0. The number of hydrogen-bond donors (Lipinski definition) is 0. The van der Waals surface area contributed by atoms with Gasteiger partial charge in [-0.2, -0.15) is 0 Å². The molecule has 26 heavy (non-hydrogen) atoms. The van der Waals surface area contributed by atoms with E-state index in [0.717, 1.165) is 56.1 Å². The van der Waals surface area contributed by atoms with Crippen molar-refractivity contribution >= 4 is 22.7 Å². The summed E-state index contributed by atoms with van der Waals surface area (Å²) in [5.41, 5.74) is 1.14. The Bertz CT molecular complexity index is 854. The number of piperidine rings is 1. The molecule has 2 fully saturated rings. The van der Waals surface area contributed by atoms with Crippen LogP contribution in [0.3, 0.4) is 0 Å². The quantitative estimate of drug-likeness (QED) is 0.851. The normalized spacial score (nSPS) is 23.4. The Labute approximate surface area is 154 Å². The number of rotatable bonds is 3. The van der Waals surface area contributed by atoms with Crippen molar-refractivity contribution in [2.45, 2.75) is 44.6 Å². The molecule has 0 N–H and O–H groups in total. The molecule has 0 radical (unpaired) electrons. The number of nitrogens with zero attached hydrogens (tertiary/aromatic N) is 3. The molecular weight excluding hydrogens is 326 g/mol. The van der Waals surface area contributed by atoms with Gasteiger partial charge in [0.05, 0.1) is 0 Å². The molecule has 3 heterocycles. The highest BCUT2D eigenvalue weighted by molar-refractivity contribution is 6.08. The molecule has 2 aliphatic heterocycles. The smallest absolute Gasteiger partial charge is 0.255 e. The Morgan fingerprint density at radius 2 is 1.92 bits per heavy atom. The van der Waals surface area contributed by atoms with Gasteiger partial charge in [-0.3, -0.25) is 9.59 Å². The van der Waals surface area contributed by atoms with E-state index >= 15 is 0 Å². The molecule has 2 aromatic rings. The topological polar surface area (TPSA) is 45.5 Å². The molecule has 2 amide bonds. The number of fused-ring (bicyclic) bond motifs is 1. The zero-order valence-corrected chi connectivity index (χ0v) is 15.7. The van der Waals surface area contributed by atoms with Crippen LogP contribution in [0.25, 0.3) is 10.9 Å². The van der Waals surface area contributed by atoms with E-state index in [1.807, 2.05) is 51.9 Å². The summed E-state index contributed by atoms with van der Waals surface area (Å²) < 4.78 is 2.03. The lowest BCUT2D eigenvalue weighted by molar-refractivity contribution is -0.145. The molecular formula is C21H27N3O2. The van der Waals surface area contributed by atoms with Crippen molar-refractivity contribution in [2.75, 3.05) is 19.6 Å². The molecule has 0 saturated carbocycles.